The molecule has 0 radical (unpaired) electrons. The molecule has 0 aliphatic heterocycles. The Hall–Kier alpha value is -1.16. The summed E-state index contributed by atoms with van der Waals surface area (Å²) in [5.41, 5.74) is 1.24. The molecule has 0 amide bonds. The summed E-state index contributed by atoms with van der Waals surface area (Å²) in [7, 11) is 0. The minimum atomic E-state index is 0.847. The number of pyridine rings is 1. The first kappa shape index (κ1) is 15.9. The number of rotatable bonds is 8. The molecule has 0 spiro atoms. The Morgan fingerprint density at radius 1 is 1.21 bits per heavy atom. The van der Waals surface area contributed by atoms with Gasteiger partial charge in [0.25, 0.3) is 0 Å². The molecule has 1 aromatic rings. The summed E-state index contributed by atoms with van der Waals surface area (Å²) in [6.07, 6.45) is 8.70. The first-order valence-electron chi connectivity index (χ1n) is 7.19. The van der Waals surface area contributed by atoms with E-state index in [-0.39, 0.29) is 0 Å². The molecule has 19 heavy (non-hydrogen) atoms. The number of nitrogens with one attached hydrogen (secondary N) is 1. The molecule has 0 saturated carbocycles. The summed E-state index contributed by atoms with van der Waals surface area (Å²) < 4.78 is 0. The van der Waals surface area contributed by atoms with Crippen molar-refractivity contribution in [1.82, 2.24) is 15.2 Å². The predicted molar refractivity (Wildman–Crippen MR) is 85.1 cm³/mol. The monoisotopic (exact) mass is 279 g/mol. The van der Waals surface area contributed by atoms with E-state index in [0.29, 0.717) is 0 Å². The Morgan fingerprint density at radius 3 is 2.58 bits per heavy atom. The van der Waals surface area contributed by atoms with Gasteiger partial charge >= 0.3 is 0 Å². The van der Waals surface area contributed by atoms with Gasteiger partial charge < -0.3 is 10.2 Å². The average molecular weight is 279 g/mol. The molecule has 1 aromatic heterocycles. The highest BCUT2D eigenvalue weighted by molar-refractivity contribution is 7.80. The fraction of sp³-hybridized carbons (Fsp3) is 0.600. The Bertz CT molecular complexity index is 354. The molecule has 106 valence electrons. The van der Waals surface area contributed by atoms with E-state index >= 15 is 0 Å². The van der Waals surface area contributed by atoms with Crippen LogP contribution in [0.1, 0.15) is 45.1 Å². The molecular weight excluding hydrogens is 254 g/mol. The van der Waals surface area contributed by atoms with Crippen LogP contribution in [0.25, 0.3) is 0 Å². The van der Waals surface area contributed by atoms with Crippen molar-refractivity contribution in [3.63, 3.8) is 0 Å². The van der Waals surface area contributed by atoms with Gasteiger partial charge in [0.05, 0.1) is 0 Å². The summed E-state index contributed by atoms with van der Waals surface area (Å²) >= 11 is 5.45. The van der Waals surface area contributed by atoms with Crippen LogP contribution in [0.15, 0.2) is 24.5 Å². The summed E-state index contributed by atoms with van der Waals surface area (Å²) in [4.78, 5) is 6.22. The first-order chi connectivity index (χ1) is 9.27. The largest absolute Gasteiger partial charge is 0.363 e. The van der Waals surface area contributed by atoms with Gasteiger partial charge in [-0.05, 0) is 43.3 Å². The maximum absolute atomic E-state index is 5.45. The zero-order valence-electron chi connectivity index (χ0n) is 12.1. The molecule has 0 atom stereocenters. The predicted octanol–water partition coefficient (Wildman–Crippen LogP) is 3.36. The maximum Gasteiger partial charge on any atom is 0.169 e. The van der Waals surface area contributed by atoms with Gasteiger partial charge in [-0.1, -0.05) is 26.2 Å². The first-order valence-corrected chi connectivity index (χ1v) is 7.60. The number of thiocarbonyl (C=S) groups is 1. The van der Waals surface area contributed by atoms with Gasteiger partial charge in [-0.15, -0.1) is 0 Å². The van der Waals surface area contributed by atoms with E-state index in [1.165, 1.54) is 31.2 Å². The van der Waals surface area contributed by atoms with Crippen molar-refractivity contribution in [1.29, 1.82) is 0 Å². The second kappa shape index (κ2) is 9.73. The van der Waals surface area contributed by atoms with E-state index in [0.717, 1.165) is 24.7 Å². The minimum absolute atomic E-state index is 0.847. The lowest BCUT2D eigenvalue weighted by Crippen LogP contribution is -2.39. The highest BCUT2D eigenvalue weighted by atomic mass is 32.1. The van der Waals surface area contributed by atoms with Crippen LogP contribution in [-0.2, 0) is 6.54 Å². The van der Waals surface area contributed by atoms with Gasteiger partial charge in [-0.3, -0.25) is 4.98 Å². The molecule has 0 unspecified atom stereocenters. The summed E-state index contributed by atoms with van der Waals surface area (Å²) in [6, 6.07) is 4.07. The number of nitrogens with zero attached hydrogens (tertiary/aromatic N) is 2. The van der Waals surface area contributed by atoms with Gasteiger partial charge in [0.2, 0.25) is 0 Å². The minimum Gasteiger partial charge on any atom is -0.363 e. The lowest BCUT2D eigenvalue weighted by Gasteiger charge is -2.24. The molecule has 1 N–H and O–H groups in total. The Labute approximate surface area is 122 Å². The van der Waals surface area contributed by atoms with E-state index in [9.17, 15) is 0 Å². The molecule has 0 aromatic carbocycles. The Balaban J connectivity index is 2.31. The molecule has 0 saturated heterocycles. The Kier molecular flexibility index (Phi) is 8.14. The lowest BCUT2D eigenvalue weighted by molar-refractivity contribution is 0.425. The third-order valence-electron chi connectivity index (χ3n) is 3.10. The van der Waals surface area contributed by atoms with Gasteiger partial charge in [-0.2, -0.15) is 0 Å². The standard InChI is InChI=1S/C15H25N3S/c1-3-5-6-7-10-17-15(19)18(4-2)13-14-8-11-16-12-9-14/h8-9,11-12H,3-7,10,13H2,1-2H3,(H,17,19). The van der Waals surface area contributed by atoms with Crippen LogP contribution < -0.4 is 5.32 Å². The Morgan fingerprint density at radius 2 is 1.95 bits per heavy atom. The van der Waals surface area contributed by atoms with E-state index in [1.807, 2.05) is 24.5 Å². The number of hydrogen-bond acceptors (Lipinski definition) is 2. The third kappa shape index (κ3) is 6.53. The summed E-state index contributed by atoms with van der Waals surface area (Å²) in [5, 5.41) is 4.21. The van der Waals surface area contributed by atoms with Crippen LogP contribution in [0.2, 0.25) is 0 Å². The molecule has 0 fully saturated rings. The highest BCUT2D eigenvalue weighted by Crippen LogP contribution is 2.04. The average Bonchev–Trinajstić information content (AvgIpc) is 2.45. The topological polar surface area (TPSA) is 28.2 Å². The molecule has 0 aliphatic carbocycles. The molecule has 0 aliphatic rings. The van der Waals surface area contributed by atoms with E-state index in [2.05, 4.69) is 29.0 Å². The fourth-order valence-corrected chi connectivity index (χ4v) is 2.19. The van der Waals surface area contributed by atoms with Crippen LogP contribution in [0.3, 0.4) is 0 Å². The quantitative estimate of drug-likeness (QED) is 0.583. The smallest absolute Gasteiger partial charge is 0.169 e. The SMILES string of the molecule is CCCCCCNC(=S)N(CC)Cc1ccncc1. The second-order valence-corrected chi connectivity index (χ2v) is 5.05. The number of unbranched alkanes of at least 4 members (excludes halogenated alkanes) is 3. The van der Waals surface area contributed by atoms with Gasteiger partial charge in [0, 0.05) is 32.0 Å². The molecule has 4 heteroatoms. The molecule has 0 bridgehead atoms. The van der Waals surface area contributed by atoms with Crippen LogP contribution >= 0.6 is 12.2 Å². The number of hydrogen-bond donors (Lipinski definition) is 1. The van der Waals surface area contributed by atoms with E-state index in [4.69, 9.17) is 12.2 Å². The van der Waals surface area contributed by atoms with Crippen LogP contribution in [0, 0.1) is 0 Å². The van der Waals surface area contributed by atoms with Crippen molar-refractivity contribution in [2.75, 3.05) is 13.1 Å². The molecular formula is C15H25N3S. The van der Waals surface area contributed by atoms with Gasteiger partial charge in [-0.25, -0.2) is 0 Å². The molecule has 3 nitrogen and oxygen atoms in total. The van der Waals surface area contributed by atoms with E-state index in [1.54, 1.807) is 0 Å². The van der Waals surface area contributed by atoms with Crippen LogP contribution in [-0.4, -0.2) is 28.1 Å². The van der Waals surface area contributed by atoms with Gasteiger partial charge in [0.15, 0.2) is 5.11 Å². The zero-order chi connectivity index (χ0) is 13.9. The van der Waals surface area contributed by atoms with Crippen molar-refractivity contribution in [2.24, 2.45) is 0 Å². The molecule has 1 rings (SSSR count). The molecule has 1 heterocycles. The van der Waals surface area contributed by atoms with Crippen LogP contribution in [0.4, 0.5) is 0 Å². The third-order valence-corrected chi connectivity index (χ3v) is 3.50. The lowest BCUT2D eigenvalue weighted by atomic mass is 10.2. The number of aromatic nitrogens is 1. The van der Waals surface area contributed by atoms with Crippen molar-refractivity contribution in [3.8, 4) is 0 Å². The summed E-state index contributed by atoms with van der Waals surface area (Å²) in [5.74, 6) is 0. The second-order valence-electron chi connectivity index (χ2n) is 4.66. The van der Waals surface area contributed by atoms with Crippen molar-refractivity contribution in [2.45, 2.75) is 46.1 Å². The van der Waals surface area contributed by atoms with Crippen molar-refractivity contribution < 1.29 is 0 Å². The van der Waals surface area contributed by atoms with Gasteiger partial charge in [0.1, 0.15) is 0 Å². The maximum atomic E-state index is 5.45. The van der Waals surface area contributed by atoms with Crippen molar-refractivity contribution >= 4 is 17.3 Å². The highest BCUT2D eigenvalue weighted by Gasteiger charge is 2.07. The fourth-order valence-electron chi connectivity index (χ4n) is 1.89. The summed E-state index contributed by atoms with van der Waals surface area (Å²) in [6.45, 7) is 7.10. The van der Waals surface area contributed by atoms with E-state index < -0.39 is 0 Å². The van der Waals surface area contributed by atoms with Crippen molar-refractivity contribution in [3.05, 3.63) is 30.1 Å². The zero-order valence-corrected chi connectivity index (χ0v) is 12.9. The van der Waals surface area contributed by atoms with Crippen LogP contribution in [0.5, 0.6) is 0 Å². The normalized spacial score (nSPS) is 10.2.